The number of carbonyl (C=O) groups excluding carboxylic acids is 4. The van der Waals surface area contributed by atoms with Crippen molar-refractivity contribution in [3.63, 3.8) is 0 Å². The lowest BCUT2D eigenvalue weighted by molar-refractivity contribution is -0.141. The molecule has 0 unspecified atom stereocenters. The normalized spacial score (nSPS) is 17.0. The number of amides is 4. The second-order valence-corrected chi connectivity index (χ2v) is 14.9. The number of anilines is 2. The van der Waals surface area contributed by atoms with Gasteiger partial charge in [0.05, 0.1) is 12.2 Å². The zero-order valence-corrected chi connectivity index (χ0v) is 32.3. The molecule has 0 bridgehead atoms. The molecule has 3 aliphatic rings. The fraction of sp³-hybridized carbons (Fsp3) is 0.488. The predicted molar refractivity (Wildman–Crippen MR) is 209 cm³/mol. The molecule has 2 N–H and O–H groups in total. The molecule has 1 aromatic heterocycles. The van der Waals surface area contributed by atoms with E-state index in [-0.39, 0.29) is 30.2 Å². The molecule has 6 rings (SSSR count). The van der Waals surface area contributed by atoms with Crippen LogP contribution >= 0.6 is 0 Å². The molecule has 4 amide bonds. The number of fused-ring (bicyclic) bond motifs is 1. The third-order valence-electron chi connectivity index (χ3n) is 10.7. The number of piperazine rings is 1. The van der Waals surface area contributed by atoms with Gasteiger partial charge in [0.25, 0.3) is 5.91 Å². The molecule has 0 spiro atoms. The Hall–Kier alpha value is -5.37. The molecule has 3 aromatic rings. The number of ether oxygens (including phenoxy) is 2. The van der Waals surface area contributed by atoms with Crippen LogP contribution in [0.5, 0.6) is 5.75 Å². The number of aromatic hydroxyl groups is 1. The fourth-order valence-corrected chi connectivity index (χ4v) is 7.53. The van der Waals surface area contributed by atoms with Crippen LogP contribution in [0, 0.1) is 13.8 Å². The van der Waals surface area contributed by atoms with Crippen molar-refractivity contribution in [1.29, 1.82) is 0 Å². The minimum Gasteiger partial charge on any atom is -0.507 e. The number of pyridine rings is 1. The number of phenols is 1. The molecule has 2 fully saturated rings. The van der Waals surface area contributed by atoms with E-state index in [9.17, 15) is 24.3 Å². The summed E-state index contributed by atoms with van der Waals surface area (Å²) in [6, 6.07) is 14.8. The maximum atomic E-state index is 14.1. The topological polar surface area (TPSA) is 148 Å². The van der Waals surface area contributed by atoms with Crippen LogP contribution in [0.2, 0.25) is 0 Å². The van der Waals surface area contributed by atoms with Crippen molar-refractivity contribution in [2.24, 2.45) is 0 Å². The molecular formula is C41H53N7O7. The Labute approximate surface area is 323 Å². The molecule has 0 radical (unpaired) electrons. The number of esters is 1. The highest BCUT2D eigenvalue weighted by Gasteiger charge is 2.35. The van der Waals surface area contributed by atoms with Crippen molar-refractivity contribution in [3.8, 4) is 5.75 Å². The first-order valence-corrected chi connectivity index (χ1v) is 19.2. The van der Waals surface area contributed by atoms with Gasteiger partial charge in [0.15, 0.2) is 6.10 Å². The molecule has 14 nitrogen and oxygen atoms in total. The highest BCUT2D eigenvalue weighted by atomic mass is 16.6. The Morgan fingerprint density at radius 1 is 0.945 bits per heavy atom. The van der Waals surface area contributed by atoms with Gasteiger partial charge in [-0.25, -0.2) is 19.4 Å². The number of nitrogens with one attached hydrogen (secondary N) is 1. The lowest BCUT2D eigenvalue weighted by atomic mass is 10.0. The first-order chi connectivity index (χ1) is 26.5. The van der Waals surface area contributed by atoms with Crippen LogP contribution in [-0.4, -0.2) is 139 Å². The van der Waals surface area contributed by atoms with E-state index in [0.717, 1.165) is 36.2 Å². The Morgan fingerprint density at radius 3 is 2.33 bits per heavy atom. The minimum absolute atomic E-state index is 0.0207. The van der Waals surface area contributed by atoms with Crippen molar-refractivity contribution in [2.45, 2.75) is 58.1 Å². The second-order valence-electron chi connectivity index (χ2n) is 14.9. The summed E-state index contributed by atoms with van der Waals surface area (Å²) in [4.78, 5) is 67.2. The molecule has 3 aliphatic heterocycles. The van der Waals surface area contributed by atoms with E-state index in [0.29, 0.717) is 87.8 Å². The minimum atomic E-state index is -1.07. The van der Waals surface area contributed by atoms with Crippen LogP contribution in [0.1, 0.15) is 51.9 Å². The third kappa shape index (κ3) is 9.85. The average molecular weight is 756 g/mol. The fourth-order valence-electron chi connectivity index (χ4n) is 7.53. The molecule has 2 saturated heterocycles. The molecule has 294 valence electrons. The molecule has 2 aromatic carbocycles. The maximum Gasteiger partial charge on any atom is 0.410 e. The summed E-state index contributed by atoms with van der Waals surface area (Å²) in [7, 11) is 3.94. The molecule has 14 heteroatoms. The lowest BCUT2D eigenvalue weighted by Gasteiger charge is -2.39. The van der Waals surface area contributed by atoms with Gasteiger partial charge in [-0.1, -0.05) is 30.3 Å². The predicted octanol–water partition coefficient (Wildman–Crippen LogP) is 4.46. The number of aromatic nitrogens is 1. The van der Waals surface area contributed by atoms with Crippen LogP contribution in [0.15, 0.2) is 54.7 Å². The number of aryl methyl sites for hydroxylation is 2. The number of nitrogens with zero attached hydrogens (tertiary/aromatic N) is 6. The molecule has 0 aliphatic carbocycles. The third-order valence-corrected chi connectivity index (χ3v) is 10.7. The number of phenolic OH excluding ortho intramolecular Hbond substituents is 1. The quantitative estimate of drug-likeness (QED) is 0.212. The molecule has 1 atom stereocenters. The molecule has 4 heterocycles. The Bertz CT molecular complexity index is 1810. The SMILES string of the molecule is Cc1cc(C[C@@H](OC(=O)N2CCC(N3CCc4ccccc4NC3=O)CC2)C(=O)N2CCN(c3ccc(C(=O)OCCCN(C)C)cn3)CC2)cc(C)c1O. The van der Waals surface area contributed by atoms with E-state index in [2.05, 4.69) is 15.2 Å². The van der Waals surface area contributed by atoms with Gasteiger partial charge in [0, 0.05) is 76.7 Å². The van der Waals surface area contributed by atoms with Crippen molar-refractivity contribution >= 4 is 35.5 Å². The lowest BCUT2D eigenvalue weighted by Crippen LogP contribution is -2.54. The van der Waals surface area contributed by atoms with Crippen LogP contribution < -0.4 is 10.2 Å². The molecular weight excluding hydrogens is 702 g/mol. The highest BCUT2D eigenvalue weighted by Crippen LogP contribution is 2.27. The second kappa shape index (κ2) is 17.8. The first-order valence-electron chi connectivity index (χ1n) is 19.2. The monoisotopic (exact) mass is 755 g/mol. The number of benzene rings is 2. The smallest absolute Gasteiger partial charge is 0.410 e. The summed E-state index contributed by atoms with van der Waals surface area (Å²) in [5.41, 5.74) is 4.47. The van der Waals surface area contributed by atoms with Gasteiger partial charge in [-0.15, -0.1) is 0 Å². The van der Waals surface area contributed by atoms with E-state index >= 15 is 0 Å². The standard InChI is InChI=1S/C41H53N7O7/c1-28-24-30(25-29(2)37(28)49)26-35(55-41(53)47-16-13-33(14-17-47)48-18-12-31-8-5-6-9-34(31)43-40(48)52)38(50)46-21-19-45(20-22-46)36-11-10-32(27-42-36)39(51)54-23-7-15-44(3)4/h5-6,8-11,24-25,27,33,35,49H,7,12-23,26H2,1-4H3,(H,43,52)/t35-/m1/s1. The van der Waals surface area contributed by atoms with Crippen LogP contribution in [0.4, 0.5) is 21.1 Å². The van der Waals surface area contributed by atoms with Gasteiger partial charge in [-0.2, -0.15) is 0 Å². The van der Waals surface area contributed by atoms with Gasteiger partial charge < -0.3 is 44.4 Å². The van der Waals surface area contributed by atoms with Crippen LogP contribution in [-0.2, 0) is 27.1 Å². The number of piperidine rings is 1. The van der Waals surface area contributed by atoms with Crippen LogP contribution in [0.25, 0.3) is 0 Å². The van der Waals surface area contributed by atoms with Crippen molar-refractivity contribution in [2.75, 3.05) is 83.3 Å². The molecule has 55 heavy (non-hydrogen) atoms. The molecule has 0 saturated carbocycles. The highest BCUT2D eigenvalue weighted by molar-refractivity contribution is 5.91. The van der Waals surface area contributed by atoms with Crippen molar-refractivity contribution in [3.05, 3.63) is 82.5 Å². The number of urea groups is 1. The maximum absolute atomic E-state index is 14.1. The largest absolute Gasteiger partial charge is 0.507 e. The zero-order chi connectivity index (χ0) is 39.1. The summed E-state index contributed by atoms with van der Waals surface area (Å²) in [5, 5.41) is 13.4. The Kier molecular flexibility index (Phi) is 12.8. The summed E-state index contributed by atoms with van der Waals surface area (Å²) < 4.78 is 11.4. The van der Waals surface area contributed by atoms with E-state index in [1.165, 1.54) is 6.20 Å². The summed E-state index contributed by atoms with van der Waals surface area (Å²) in [6.07, 6.45) is 2.74. The van der Waals surface area contributed by atoms with E-state index < -0.39 is 18.2 Å². The van der Waals surface area contributed by atoms with E-state index in [4.69, 9.17) is 9.47 Å². The number of likely N-dealkylation sites (tertiary alicyclic amines) is 1. The Morgan fingerprint density at radius 2 is 1.65 bits per heavy atom. The summed E-state index contributed by atoms with van der Waals surface area (Å²) in [6.45, 7) is 7.97. The van der Waals surface area contributed by atoms with Gasteiger partial charge in [0.2, 0.25) is 0 Å². The number of carbonyl (C=O) groups is 4. The van der Waals surface area contributed by atoms with Crippen molar-refractivity contribution < 1.29 is 33.8 Å². The van der Waals surface area contributed by atoms with Gasteiger partial charge >= 0.3 is 18.1 Å². The van der Waals surface area contributed by atoms with Gasteiger partial charge in [-0.3, -0.25) is 4.79 Å². The average Bonchev–Trinajstić information content (AvgIpc) is 3.36. The first kappa shape index (κ1) is 39.3. The number of para-hydroxylation sites is 1. The summed E-state index contributed by atoms with van der Waals surface area (Å²) in [5.74, 6) is 0.198. The number of rotatable bonds is 11. The van der Waals surface area contributed by atoms with Crippen LogP contribution in [0.3, 0.4) is 0 Å². The summed E-state index contributed by atoms with van der Waals surface area (Å²) >= 11 is 0. The number of hydrogen-bond donors (Lipinski definition) is 2. The van der Waals surface area contributed by atoms with Gasteiger partial charge in [-0.05, 0) is 94.1 Å². The van der Waals surface area contributed by atoms with E-state index in [1.807, 2.05) is 60.3 Å². The zero-order valence-electron chi connectivity index (χ0n) is 32.3. The Balaban J connectivity index is 1.06. The van der Waals surface area contributed by atoms with E-state index in [1.54, 1.807) is 35.8 Å². The number of hydrogen-bond acceptors (Lipinski definition) is 10. The van der Waals surface area contributed by atoms with Crippen molar-refractivity contribution in [1.82, 2.24) is 24.6 Å². The van der Waals surface area contributed by atoms with Gasteiger partial charge in [0.1, 0.15) is 11.6 Å².